The molecule has 0 saturated carbocycles. The Hall–Kier alpha value is -2.89. The number of carbonyl (C=O) groups excluding carboxylic acids is 2. The van der Waals surface area contributed by atoms with Crippen molar-refractivity contribution in [2.24, 2.45) is 0 Å². The molecule has 0 heterocycles. The molecule has 0 radical (unpaired) electrons. The topological polar surface area (TPSA) is 64.6 Å². The molecule has 138 valence electrons. The number of nitrogens with one attached hydrogen (secondary N) is 1. The number of hydrogen-bond acceptors (Lipinski definition) is 4. The quantitative estimate of drug-likeness (QED) is 0.735. The first-order valence-corrected chi connectivity index (χ1v) is 8.27. The van der Waals surface area contributed by atoms with Gasteiger partial charge in [0.05, 0.1) is 26.7 Å². The molecular weight excluding hydrogens is 337 g/mol. The second-order valence-electron chi connectivity index (χ2n) is 5.76. The molecule has 1 amide bonds. The molecule has 2 rings (SSSR count). The van der Waals surface area contributed by atoms with Crippen molar-refractivity contribution in [3.63, 3.8) is 0 Å². The molecule has 1 N–H and O–H groups in total. The first-order valence-electron chi connectivity index (χ1n) is 8.27. The van der Waals surface area contributed by atoms with Crippen LogP contribution in [0.25, 0.3) is 0 Å². The Labute approximate surface area is 152 Å². The van der Waals surface area contributed by atoms with Crippen molar-refractivity contribution in [3.8, 4) is 5.75 Å². The average molecular weight is 359 g/mol. The lowest BCUT2D eigenvalue weighted by Crippen LogP contribution is -2.30. The molecule has 0 aliphatic rings. The van der Waals surface area contributed by atoms with Gasteiger partial charge in [0, 0.05) is 6.42 Å². The summed E-state index contributed by atoms with van der Waals surface area (Å²) in [6.07, 6.45) is 0.412. The minimum atomic E-state index is -0.526. The number of hydrogen-bond donors (Lipinski definition) is 1. The zero-order chi connectivity index (χ0) is 18.9. The van der Waals surface area contributed by atoms with Crippen LogP contribution >= 0.6 is 0 Å². The van der Waals surface area contributed by atoms with E-state index in [0.717, 1.165) is 5.56 Å². The van der Waals surface area contributed by atoms with Crippen LogP contribution in [0, 0.1) is 5.82 Å². The van der Waals surface area contributed by atoms with Gasteiger partial charge in [-0.3, -0.25) is 9.59 Å². The summed E-state index contributed by atoms with van der Waals surface area (Å²) in [5.74, 6) is -0.351. The Balaban J connectivity index is 2.03. The Kier molecular flexibility index (Phi) is 7.14. The number of methoxy groups -OCH3 is 2. The Morgan fingerprint density at radius 1 is 1.08 bits per heavy atom. The number of halogens is 1. The molecule has 0 fully saturated rings. The maximum absolute atomic E-state index is 13.7. The van der Waals surface area contributed by atoms with E-state index in [9.17, 15) is 14.0 Å². The fourth-order valence-corrected chi connectivity index (χ4v) is 2.55. The highest BCUT2D eigenvalue weighted by molar-refractivity contribution is 5.78. The largest absolute Gasteiger partial charge is 0.497 e. The number of benzene rings is 2. The van der Waals surface area contributed by atoms with Crippen LogP contribution in [0.1, 0.15) is 30.0 Å². The van der Waals surface area contributed by atoms with Crippen molar-refractivity contribution in [2.75, 3.05) is 14.2 Å². The van der Waals surface area contributed by atoms with Crippen molar-refractivity contribution < 1.29 is 23.5 Å². The van der Waals surface area contributed by atoms with Gasteiger partial charge >= 0.3 is 5.97 Å². The molecule has 5 nitrogen and oxygen atoms in total. The molecule has 0 aromatic heterocycles. The second kappa shape index (κ2) is 9.56. The number of carbonyl (C=O) groups is 2. The van der Waals surface area contributed by atoms with E-state index in [4.69, 9.17) is 9.47 Å². The van der Waals surface area contributed by atoms with E-state index in [-0.39, 0.29) is 31.0 Å². The first kappa shape index (κ1) is 19.4. The number of aryl methyl sites for hydroxylation is 1. The molecule has 0 aliphatic heterocycles. The van der Waals surface area contributed by atoms with Crippen molar-refractivity contribution >= 4 is 11.9 Å². The van der Waals surface area contributed by atoms with Gasteiger partial charge in [-0.05, 0) is 35.7 Å². The molecule has 1 atom stereocenters. The van der Waals surface area contributed by atoms with Crippen LogP contribution in [0.4, 0.5) is 4.39 Å². The maximum Gasteiger partial charge on any atom is 0.307 e. The van der Waals surface area contributed by atoms with E-state index in [1.807, 2.05) is 0 Å². The van der Waals surface area contributed by atoms with Gasteiger partial charge in [-0.1, -0.05) is 30.3 Å². The number of rotatable bonds is 8. The molecule has 6 heteroatoms. The molecule has 0 aliphatic carbocycles. The van der Waals surface area contributed by atoms with E-state index < -0.39 is 12.0 Å². The van der Waals surface area contributed by atoms with E-state index in [2.05, 4.69) is 5.32 Å². The predicted octanol–water partition coefficient (Wildman–Crippen LogP) is 3.19. The lowest BCUT2D eigenvalue weighted by molar-refractivity contribution is -0.141. The van der Waals surface area contributed by atoms with Gasteiger partial charge in [-0.2, -0.15) is 0 Å². The van der Waals surface area contributed by atoms with Gasteiger partial charge in [0.2, 0.25) is 5.91 Å². The van der Waals surface area contributed by atoms with Gasteiger partial charge in [0.1, 0.15) is 11.6 Å². The van der Waals surface area contributed by atoms with Gasteiger partial charge in [0.15, 0.2) is 0 Å². The zero-order valence-electron chi connectivity index (χ0n) is 14.8. The van der Waals surface area contributed by atoms with E-state index in [1.165, 1.54) is 13.2 Å². The average Bonchev–Trinajstić information content (AvgIpc) is 2.66. The fourth-order valence-electron chi connectivity index (χ4n) is 2.55. The van der Waals surface area contributed by atoms with Gasteiger partial charge < -0.3 is 14.8 Å². The molecule has 2 aromatic rings. The smallest absolute Gasteiger partial charge is 0.307 e. The number of amides is 1. The summed E-state index contributed by atoms with van der Waals surface area (Å²) in [5, 5.41) is 2.82. The van der Waals surface area contributed by atoms with Crippen molar-refractivity contribution in [2.45, 2.75) is 25.3 Å². The number of esters is 1. The summed E-state index contributed by atoms with van der Waals surface area (Å²) in [6, 6.07) is 12.9. The summed E-state index contributed by atoms with van der Waals surface area (Å²) in [5.41, 5.74) is 1.24. The monoisotopic (exact) mass is 359 g/mol. The van der Waals surface area contributed by atoms with Gasteiger partial charge in [-0.25, -0.2) is 4.39 Å². The number of ether oxygens (including phenoxy) is 2. The maximum atomic E-state index is 13.7. The lowest BCUT2D eigenvalue weighted by atomic mass is 10.0. The Morgan fingerprint density at radius 3 is 2.38 bits per heavy atom. The lowest BCUT2D eigenvalue weighted by Gasteiger charge is -2.18. The van der Waals surface area contributed by atoms with Crippen molar-refractivity contribution in [3.05, 3.63) is 65.5 Å². The van der Waals surface area contributed by atoms with Crippen LogP contribution in [0.2, 0.25) is 0 Å². The highest BCUT2D eigenvalue weighted by Gasteiger charge is 2.19. The predicted molar refractivity (Wildman–Crippen MR) is 95.2 cm³/mol. The molecular formula is C20H22FNO4. The second-order valence-corrected chi connectivity index (χ2v) is 5.76. The molecule has 26 heavy (non-hydrogen) atoms. The third-order valence-corrected chi connectivity index (χ3v) is 4.03. The molecule has 0 bridgehead atoms. The Bertz CT molecular complexity index is 746. The minimum Gasteiger partial charge on any atom is -0.497 e. The molecule has 0 saturated heterocycles. The van der Waals surface area contributed by atoms with Gasteiger partial charge in [-0.15, -0.1) is 0 Å². The van der Waals surface area contributed by atoms with E-state index >= 15 is 0 Å². The highest BCUT2D eigenvalue weighted by Crippen LogP contribution is 2.21. The summed E-state index contributed by atoms with van der Waals surface area (Å²) in [6.45, 7) is 0. The summed E-state index contributed by atoms with van der Waals surface area (Å²) < 4.78 is 23.5. The van der Waals surface area contributed by atoms with Crippen LogP contribution in [-0.4, -0.2) is 26.1 Å². The standard InChI is InChI=1S/C20H22FNO4/c1-25-16-10-7-15(8-11-16)18(13-20(24)26-2)22-19(23)12-9-14-5-3-4-6-17(14)21/h3-8,10-11,18H,9,12-13H2,1-2H3,(H,22,23)/t18-/m1/s1. The summed E-state index contributed by atoms with van der Waals surface area (Å²) >= 11 is 0. The van der Waals surface area contributed by atoms with E-state index in [1.54, 1.807) is 49.6 Å². The summed E-state index contributed by atoms with van der Waals surface area (Å²) in [4.78, 5) is 24.0. The van der Waals surface area contributed by atoms with Crippen LogP contribution in [-0.2, 0) is 20.7 Å². The van der Waals surface area contributed by atoms with Crippen LogP contribution in [0.15, 0.2) is 48.5 Å². The van der Waals surface area contributed by atoms with Crippen molar-refractivity contribution in [1.82, 2.24) is 5.32 Å². The third kappa shape index (κ3) is 5.58. The molecule has 0 spiro atoms. The van der Waals surface area contributed by atoms with E-state index in [0.29, 0.717) is 11.3 Å². The first-order chi connectivity index (χ1) is 12.5. The normalized spacial score (nSPS) is 11.5. The zero-order valence-corrected chi connectivity index (χ0v) is 14.8. The molecule has 2 aromatic carbocycles. The van der Waals surface area contributed by atoms with Gasteiger partial charge in [0.25, 0.3) is 0 Å². The SMILES string of the molecule is COC(=O)C[C@@H](NC(=O)CCc1ccccc1F)c1ccc(OC)cc1. The van der Waals surface area contributed by atoms with Crippen LogP contribution in [0.3, 0.4) is 0 Å². The summed E-state index contributed by atoms with van der Waals surface area (Å²) in [7, 11) is 2.86. The molecule has 0 unspecified atom stereocenters. The van der Waals surface area contributed by atoms with Crippen LogP contribution in [0.5, 0.6) is 5.75 Å². The van der Waals surface area contributed by atoms with Crippen molar-refractivity contribution in [1.29, 1.82) is 0 Å². The minimum absolute atomic E-state index is 0.00820. The third-order valence-electron chi connectivity index (χ3n) is 4.03. The Morgan fingerprint density at radius 2 is 1.77 bits per heavy atom. The fraction of sp³-hybridized carbons (Fsp3) is 0.300. The van der Waals surface area contributed by atoms with Crippen LogP contribution < -0.4 is 10.1 Å². The highest BCUT2D eigenvalue weighted by atomic mass is 19.1.